The van der Waals surface area contributed by atoms with Gasteiger partial charge in [0.1, 0.15) is 0 Å². The Labute approximate surface area is 221 Å². The molecule has 2 aromatic rings. The van der Waals surface area contributed by atoms with Crippen LogP contribution in [0.2, 0.25) is 18.6 Å². The molecular formula is C29H40N2O5Si. The molecule has 37 heavy (non-hydrogen) atoms. The summed E-state index contributed by atoms with van der Waals surface area (Å²) in [5, 5.41) is 9.57. The summed E-state index contributed by atoms with van der Waals surface area (Å²) in [5.41, 5.74) is 3.09. The van der Waals surface area contributed by atoms with E-state index in [1.54, 1.807) is 9.80 Å². The zero-order valence-electron chi connectivity index (χ0n) is 22.2. The first-order valence-electron chi connectivity index (χ1n) is 13.4. The van der Waals surface area contributed by atoms with Gasteiger partial charge in [-0.2, -0.15) is 0 Å². The monoisotopic (exact) mass is 524 g/mol. The zero-order valence-corrected chi connectivity index (χ0v) is 23.2. The van der Waals surface area contributed by atoms with E-state index >= 15 is 0 Å². The zero-order chi connectivity index (χ0) is 26.6. The van der Waals surface area contributed by atoms with Gasteiger partial charge in [-0.25, -0.2) is 0 Å². The molecule has 0 aromatic heterocycles. The predicted octanol–water partition coefficient (Wildman–Crippen LogP) is 3.74. The normalized spacial score (nSPS) is 23.7. The number of carbonyl (C=O) groups is 2. The van der Waals surface area contributed by atoms with Crippen LogP contribution in [0.15, 0.2) is 54.6 Å². The van der Waals surface area contributed by atoms with E-state index in [1.807, 2.05) is 55.6 Å². The molecule has 200 valence electrons. The fourth-order valence-electron chi connectivity index (χ4n) is 5.86. The highest BCUT2D eigenvalue weighted by molar-refractivity contribution is 6.71. The average Bonchev–Trinajstić information content (AvgIpc) is 3.17. The van der Waals surface area contributed by atoms with Crippen LogP contribution in [0.1, 0.15) is 37.3 Å². The third-order valence-corrected chi connectivity index (χ3v) is 10.4. The number of hydrogen-bond donors (Lipinski definition) is 2. The average molecular weight is 525 g/mol. The van der Waals surface area contributed by atoms with Crippen molar-refractivity contribution in [2.24, 2.45) is 5.92 Å². The number of ether oxygens (including phenoxy) is 1. The lowest BCUT2D eigenvalue weighted by Crippen LogP contribution is -2.43. The van der Waals surface area contributed by atoms with Crippen LogP contribution in [-0.2, 0) is 27.3 Å². The number of rotatable bonds is 11. The van der Waals surface area contributed by atoms with Crippen LogP contribution in [0.4, 0.5) is 5.69 Å². The Morgan fingerprint density at radius 1 is 1.08 bits per heavy atom. The lowest BCUT2D eigenvalue weighted by molar-refractivity contribution is -0.135. The molecule has 2 aliphatic rings. The van der Waals surface area contributed by atoms with Gasteiger partial charge in [-0.1, -0.05) is 49.4 Å². The molecule has 4 rings (SSSR count). The molecule has 2 saturated heterocycles. The highest BCUT2D eigenvalue weighted by atomic mass is 28.4. The fourth-order valence-corrected chi connectivity index (χ4v) is 8.47. The molecule has 2 heterocycles. The Kier molecular flexibility index (Phi) is 8.85. The molecule has 0 aliphatic carbocycles. The van der Waals surface area contributed by atoms with Crippen LogP contribution in [0, 0.1) is 5.92 Å². The Balaban J connectivity index is 1.39. The van der Waals surface area contributed by atoms with Crippen LogP contribution in [0.25, 0.3) is 0 Å². The van der Waals surface area contributed by atoms with E-state index < -0.39 is 8.32 Å². The van der Waals surface area contributed by atoms with Gasteiger partial charge in [-0.15, -0.1) is 0 Å². The van der Waals surface area contributed by atoms with Crippen LogP contribution >= 0.6 is 0 Å². The first kappa shape index (κ1) is 27.5. The number of nitrogens with zero attached hydrogens (tertiary/aromatic N) is 2. The van der Waals surface area contributed by atoms with Gasteiger partial charge in [-0.05, 0) is 55.1 Å². The highest BCUT2D eigenvalue weighted by Crippen LogP contribution is 2.45. The number of β-lactam (4-membered cyclic amide) rings is 1. The minimum atomic E-state index is -2.60. The third kappa shape index (κ3) is 6.68. The van der Waals surface area contributed by atoms with E-state index in [0.29, 0.717) is 13.0 Å². The number of aliphatic hydroxyl groups is 1. The summed E-state index contributed by atoms with van der Waals surface area (Å²) < 4.78 is 6.50. The second-order valence-corrected chi connectivity index (χ2v) is 15.0. The number of amides is 2. The highest BCUT2D eigenvalue weighted by Gasteiger charge is 2.50. The van der Waals surface area contributed by atoms with E-state index in [2.05, 4.69) is 19.1 Å². The van der Waals surface area contributed by atoms with Gasteiger partial charge >= 0.3 is 0 Å². The fraction of sp³-hybridized carbons (Fsp3) is 0.517. The van der Waals surface area contributed by atoms with Crippen molar-refractivity contribution in [2.45, 2.75) is 70.0 Å². The van der Waals surface area contributed by atoms with Crippen molar-refractivity contribution in [2.75, 3.05) is 24.6 Å². The predicted molar refractivity (Wildman–Crippen MR) is 147 cm³/mol. The quantitative estimate of drug-likeness (QED) is 0.345. The van der Waals surface area contributed by atoms with Gasteiger partial charge < -0.3 is 24.4 Å². The largest absolute Gasteiger partial charge is 0.432 e. The molecule has 2 amide bonds. The SMILES string of the molecule is C[C@H]1[C@H]([Si](C)(C)O)[C@@H](CC(=O)N(CCO)Cc2ccccc2)O[C@H]1CCc1ccc(N2CCC2=O)cc1. The minimum Gasteiger partial charge on any atom is -0.432 e. The Bertz CT molecular complexity index is 1060. The summed E-state index contributed by atoms with van der Waals surface area (Å²) in [4.78, 5) is 39.7. The smallest absolute Gasteiger partial charge is 0.228 e. The molecule has 2 aliphatic heterocycles. The standard InChI is InChI=1S/C29H40N2O5Si/c1-21-25(14-11-22-9-12-24(13-10-22)31-16-15-27(31)33)36-26(29(21)37(2,3)35)19-28(34)30(17-18-32)20-23-7-5-4-6-8-23/h4-10,12-13,21,25-26,29,32,35H,11,14-20H2,1-3H3/t21-,25+,26-,29+/m1/s1. The Hall–Kier alpha value is -2.52. The molecule has 0 radical (unpaired) electrons. The second-order valence-electron chi connectivity index (χ2n) is 11.0. The van der Waals surface area contributed by atoms with Crippen LogP contribution in [0.3, 0.4) is 0 Å². The van der Waals surface area contributed by atoms with Crippen molar-refractivity contribution in [1.82, 2.24) is 4.90 Å². The number of aliphatic hydroxyl groups excluding tert-OH is 1. The van der Waals surface area contributed by atoms with Crippen LogP contribution in [-0.4, -0.2) is 66.8 Å². The van der Waals surface area contributed by atoms with Crippen LogP contribution in [0.5, 0.6) is 0 Å². The van der Waals surface area contributed by atoms with E-state index in [-0.39, 0.29) is 55.1 Å². The van der Waals surface area contributed by atoms with Gasteiger partial charge in [0.15, 0.2) is 8.32 Å². The maximum atomic E-state index is 13.3. The third-order valence-electron chi connectivity index (χ3n) is 7.85. The molecule has 0 bridgehead atoms. The topological polar surface area (TPSA) is 90.3 Å². The number of benzene rings is 2. The molecule has 0 spiro atoms. The van der Waals surface area contributed by atoms with Crippen molar-refractivity contribution in [3.05, 3.63) is 65.7 Å². The molecule has 0 saturated carbocycles. The van der Waals surface area contributed by atoms with Gasteiger partial charge in [0, 0.05) is 37.3 Å². The van der Waals surface area contributed by atoms with E-state index in [0.717, 1.165) is 30.6 Å². The molecule has 0 unspecified atom stereocenters. The first-order chi connectivity index (χ1) is 17.7. The minimum absolute atomic E-state index is 0.0428. The second kappa shape index (κ2) is 11.9. The van der Waals surface area contributed by atoms with Crippen molar-refractivity contribution in [3.8, 4) is 0 Å². The maximum Gasteiger partial charge on any atom is 0.228 e. The molecule has 4 atom stereocenters. The van der Waals surface area contributed by atoms with Gasteiger partial charge in [-0.3, -0.25) is 9.59 Å². The lowest BCUT2D eigenvalue weighted by Gasteiger charge is -2.31. The summed E-state index contributed by atoms with van der Waals surface area (Å²) in [6.07, 6.45) is 2.08. The Morgan fingerprint density at radius 2 is 1.78 bits per heavy atom. The molecule has 7 nitrogen and oxygen atoms in total. The number of hydrogen-bond acceptors (Lipinski definition) is 5. The molecule has 2 N–H and O–H groups in total. The van der Waals surface area contributed by atoms with Crippen molar-refractivity contribution >= 4 is 25.8 Å². The summed E-state index contributed by atoms with van der Waals surface area (Å²) >= 11 is 0. The molecular weight excluding hydrogens is 484 g/mol. The van der Waals surface area contributed by atoms with Gasteiger partial charge in [0.25, 0.3) is 0 Å². The summed E-state index contributed by atoms with van der Waals surface area (Å²) in [6.45, 7) is 7.40. The van der Waals surface area contributed by atoms with E-state index in [4.69, 9.17) is 4.74 Å². The summed E-state index contributed by atoms with van der Waals surface area (Å²) in [5.74, 6) is 0.252. The number of anilines is 1. The first-order valence-corrected chi connectivity index (χ1v) is 16.4. The molecule has 2 fully saturated rings. The van der Waals surface area contributed by atoms with E-state index in [9.17, 15) is 19.5 Å². The lowest BCUT2D eigenvalue weighted by atomic mass is 9.95. The maximum absolute atomic E-state index is 13.3. The summed E-state index contributed by atoms with van der Waals surface area (Å²) in [6, 6.07) is 17.9. The number of aryl methyl sites for hydroxylation is 1. The van der Waals surface area contributed by atoms with Crippen molar-refractivity contribution < 1.29 is 24.2 Å². The van der Waals surface area contributed by atoms with Gasteiger partial charge in [0.05, 0.1) is 25.2 Å². The van der Waals surface area contributed by atoms with Crippen molar-refractivity contribution in [1.29, 1.82) is 0 Å². The van der Waals surface area contributed by atoms with Crippen molar-refractivity contribution in [3.63, 3.8) is 0 Å². The number of carbonyl (C=O) groups excluding carboxylic acids is 2. The molecule has 2 aromatic carbocycles. The van der Waals surface area contributed by atoms with Gasteiger partial charge in [0.2, 0.25) is 11.8 Å². The molecule has 8 heteroatoms. The van der Waals surface area contributed by atoms with Crippen LogP contribution < -0.4 is 4.90 Å². The Morgan fingerprint density at radius 3 is 2.35 bits per heavy atom. The van der Waals surface area contributed by atoms with E-state index in [1.165, 1.54) is 5.56 Å². The summed E-state index contributed by atoms with van der Waals surface area (Å²) in [7, 11) is -2.60.